The first-order chi connectivity index (χ1) is 16.8. The van der Waals surface area contributed by atoms with Crippen molar-refractivity contribution in [3.63, 3.8) is 0 Å². The van der Waals surface area contributed by atoms with Crippen LogP contribution < -0.4 is 9.47 Å². The number of rotatable bonds is 20. The van der Waals surface area contributed by atoms with Gasteiger partial charge in [-0.15, -0.1) is 0 Å². The summed E-state index contributed by atoms with van der Waals surface area (Å²) < 4.78 is 11.7. The number of benzene rings is 1. The van der Waals surface area contributed by atoms with Crippen molar-refractivity contribution < 1.29 is 9.47 Å². The summed E-state index contributed by atoms with van der Waals surface area (Å²) in [6.45, 7) is 3.80. The van der Waals surface area contributed by atoms with Crippen LogP contribution in [0, 0.1) is 5.92 Å². The minimum Gasteiger partial charge on any atom is -0.494 e. The number of ether oxygens (including phenoxy) is 2. The zero-order valence-corrected chi connectivity index (χ0v) is 21.5. The fourth-order valence-corrected chi connectivity index (χ4v) is 4.33. The van der Waals surface area contributed by atoms with Crippen molar-refractivity contribution >= 4 is 0 Å². The second-order valence-corrected chi connectivity index (χ2v) is 9.94. The molecule has 2 aromatic rings. The number of unbranched alkanes of at least 4 members (excludes halogenated alkanes) is 11. The van der Waals surface area contributed by atoms with Gasteiger partial charge in [0, 0.05) is 5.56 Å². The van der Waals surface area contributed by atoms with Crippen LogP contribution in [-0.2, 0) is 0 Å². The Kier molecular flexibility index (Phi) is 12.9. The lowest BCUT2D eigenvalue weighted by atomic mass is 10.1. The monoisotopic (exact) mass is 466 g/mol. The summed E-state index contributed by atoms with van der Waals surface area (Å²) in [5.41, 5.74) is 0.997. The average Bonchev–Trinajstić information content (AvgIpc) is 3.70. The van der Waals surface area contributed by atoms with Gasteiger partial charge < -0.3 is 9.47 Å². The maximum atomic E-state index is 5.90. The molecule has 0 aliphatic heterocycles. The molecule has 3 rings (SSSR count). The maximum Gasteiger partial charge on any atom is 0.159 e. The molecule has 34 heavy (non-hydrogen) atoms. The van der Waals surface area contributed by atoms with E-state index in [-0.39, 0.29) is 0 Å². The highest BCUT2D eigenvalue weighted by Crippen LogP contribution is 2.34. The van der Waals surface area contributed by atoms with Crippen molar-refractivity contribution in [2.45, 2.75) is 110 Å². The molecule has 1 saturated carbocycles. The van der Waals surface area contributed by atoms with E-state index in [1.54, 1.807) is 12.4 Å². The molecule has 4 heteroatoms. The highest BCUT2D eigenvalue weighted by Gasteiger charge is 2.19. The molecule has 0 unspecified atom stereocenters. The molecular formula is C30H46N2O2. The molecule has 1 heterocycles. The van der Waals surface area contributed by atoms with Gasteiger partial charge in [0.15, 0.2) is 11.6 Å². The number of nitrogens with zero attached hydrogens (tertiary/aromatic N) is 2. The van der Waals surface area contributed by atoms with Crippen molar-refractivity contribution in [3.8, 4) is 22.9 Å². The van der Waals surface area contributed by atoms with Crippen molar-refractivity contribution in [3.05, 3.63) is 36.7 Å². The molecular weight excluding hydrogens is 420 g/mol. The highest BCUT2D eigenvalue weighted by atomic mass is 16.5. The summed E-state index contributed by atoms with van der Waals surface area (Å²) >= 11 is 0. The van der Waals surface area contributed by atoms with Crippen molar-refractivity contribution in [2.24, 2.45) is 5.92 Å². The van der Waals surface area contributed by atoms with E-state index in [0.29, 0.717) is 0 Å². The van der Waals surface area contributed by atoms with Crippen LogP contribution in [0.25, 0.3) is 11.4 Å². The largest absolute Gasteiger partial charge is 0.494 e. The minimum absolute atomic E-state index is 0.720. The minimum atomic E-state index is 0.720. The standard InChI is InChI=1S/C30H46N2O2/c1-2-3-4-5-6-7-10-13-22-33-28-20-18-27(19-21-28)30-31-24-29(25-32-30)34-23-14-11-8-9-12-15-26-16-17-26/h18-21,24-26H,2-17,22-23H2,1H3. The van der Waals surface area contributed by atoms with Crippen molar-refractivity contribution in [2.75, 3.05) is 13.2 Å². The van der Waals surface area contributed by atoms with E-state index >= 15 is 0 Å². The molecule has 0 radical (unpaired) electrons. The van der Waals surface area contributed by atoms with Gasteiger partial charge >= 0.3 is 0 Å². The second-order valence-electron chi connectivity index (χ2n) is 9.94. The Morgan fingerprint density at radius 2 is 1.18 bits per heavy atom. The van der Waals surface area contributed by atoms with Gasteiger partial charge in [0.25, 0.3) is 0 Å². The second kappa shape index (κ2) is 16.5. The van der Waals surface area contributed by atoms with Crippen LogP contribution in [0.2, 0.25) is 0 Å². The Morgan fingerprint density at radius 3 is 1.76 bits per heavy atom. The highest BCUT2D eigenvalue weighted by molar-refractivity contribution is 5.56. The summed E-state index contributed by atoms with van der Waals surface area (Å²) in [7, 11) is 0. The lowest BCUT2D eigenvalue weighted by Crippen LogP contribution is -1.99. The first kappa shape index (κ1) is 26.5. The number of hydrogen-bond donors (Lipinski definition) is 0. The van der Waals surface area contributed by atoms with E-state index in [1.165, 1.54) is 89.9 Å². The van der Waals surface area contributed by atoms with Crippen LogP contribution in [0.1, 0.15) is 110 Å². The lowest BCUT2D eigenvalue weighted by Gasteiger charge is -2.08. The van der Waals surface area contributed by atoms with Gasteiger partial charge in [-0.1, -0.05) is 96.8 Å². The molecule has 1 aliphatic rings. The molecule has 0 atom stereocenters. The van der Waals surface area contributed by atoms with Crippen molar-refractivity contribution in [1.82, 2.24) is 9.97 Å². The summed E-state index contributed by atoms with van der Waals surface area (Å²) in [4.78, 5) is 8.97. The van der Waals surface area contributed by atoms with E-state index in [4.69, 9.17) is 9.47 Å². The van der Waals surface area contributed by atoms with Gasteiger partial charge in [0.1, 0.15) is 5.75 Å². The van der Waals surface area contributed by atoms with E-state index in [9.17, 15) is 0 Å². The van der Waals surface area contributed by atoms with Crippen LogP contribution in [0.15, 0.2) is 36.7 Å². The molecule has 0 saturated heterocycles. The summed E-state index contributed by atoms with van der Waals surface area (Å²) in [5, 5.41) is 0. The topological polar surface area (TPSA) is 44.2 Å². The van der Waals surface area contributed by atoms with Gasteiger partial charge in [-0.05, 0) is 43.0 Å². The zero-order chi connectivity index (χ0) is 23.7. The normalized spacial score (nSPS) is 13.2. The van der Waals surface area contributed by atoms with E-state index in [2.05, 4.69) is 16.9 Å². The first-order valence-corrected chi connectivity index (χ1v) is 14.0. The molecule has 1 fully saturated rings. The van der Waals surface area contributed by atoms with E-state index < -0.39 is 0 Å². The molecule has 1 aromatic carbocycles. The van der Waals surface area contributed by atoms with Crippen molar-refractivity contribution in [1.29, 1.82) is 0 Å². The van der Waals surface area contributed by atoms with Gasteiger partial charge in [0.2, 0.25) is 0 Å². The van der Waals surface area contributed by atoms with E-state index in [1.807, 2.05) is 24.3 Å². The van der Waals surface area contributed by atoms with Gasteiger partial charge in [-0.3, -0.25) is 0 Å². The molecule has 0 bridgehead atoms. The fourth-order valence-electron chi connectivity index (χ4n) is 4.33. The third kappa shape index (κ3) is 11.4. The smallest absolute Gasteiger partial charge is 0.159 e. The number of hydrogen-bond acceptors (Lipinski definition) is 4. The van der Waals surface area contributed by atoms with E-state index in [0.717, 1.165) is 54.9 Å². The molecule has 1 aromatic heterocycles. The van der Waals surface area contributed by atoms with Crippen LogP contribution >= 0.6 is 0 Å². The van der Waals surface area contributed by atoms with Gasteiger partial charge in [0.05, 0.1) is 25.6 Å². The quantitative estimate of drug-likeness (QED) is 0.183. The van der Waals surface area contributed by atoms with Crippen LogP contribution in [0.5, 0.6) is 11.5 Å². The molecule has 1 aliphatic carbocycles. The Hall–Kier alpha value is -2.10. The SMILES string of the molecule is CCCCCCCCCCOc1ccc(-c2ncc(OCCCCCCCC3CC3)cn2)cc1. The predicted molar refractivity (Wildman–Crippen MR) is 141 cm³/mol. The Balaban J connectivity index is 1.24. The summed E-state index contributed by atoms with van der Waals surface area (Å²) in [6, 6.07) is 8.08. The third-order valence-corrected chi connectivity index (χ3v) is 6.73. The first-order valence-electron chi connectivity index (χ1n) is 14.0. The van der Waals surface area contributed by atoms with Crippen LogP contribution in [0.4, 0.5) is 0 Å². The molecule has 188 valence electrons. The summed E-state index contributed by atoms with van der Waals surface area (Å²) in [5.74, 6) is 3.46. The summed E-state index contributed by atoms with van der Waals surface area (Å²) in [6.07, 6.45) is 25.0. The predicted octanol–water partition coefficient (Wildman–Crippen LogP) is 8.79. The van der Waals surface area contributed by atoms with Gasteiger partial charge in [-0.25, -0.2) is 9.97 Å². The molecule has 4 nitrogen and oxygen atoms in total. The Bertz CT molecular complexity index is 756. The van der Waals surface area contributed by atoms with Gasteiger partial charge in [-0.2, -0.15) is 0 Å². The van der Waals surface area contributed by atoms with Crippen LogP contribution in [-0.4, -0.2) is 23.2 Å². The fraction of sp³-hybridized carbons (Fsp3) is 0.667. The molecule has 0 amide bonds. The Morgan fingerprint density at radius 1 is 0.647 bits per heavy atom. The maximum absolute atomic E-state index is 5.90. The average molecular weight is 467 g/mol. The van der Waals surface area contributed by atoms with Crippen LogP contribution in [0.3, 0.4) is 0 Å². The Labute approximate surface area is 207 Å². The third-order valence-electron chi connectivity index (χ3n) is 6.73. The molecule has 0 spiro atoms. The lowest BCUT2D eigenvalue weighted by molar-refractivity contribution is 0.302. The number of aromatic nitrogens is 2. The zero-order valence-electron chi connectivity index (χ0n) is 21.5. The molecule has 0 N–H and O–H groups in total.